The second-order valence-electron chi connectivity index (χ2n) is 7.38. The average Bonchev–Trinajstić information content (AvgIpc) is 2.80. The summed E-state index contributed by atoms with van der Waals surface area (Å²) in [6, 6.07) is 14.6. The van der Waals surface area contributed by atoms with Crippen LogP contribution in [0.15, 0.2) is 48.5 Å². The van der Waals surface area contributed by atoms with Crippen molar-refractivity contribution in [1.82, 2.24) is 15.2 Å². The molecule has 3 aromatic rings. The Morgan fingerprint density at radius 3 is 2.63 bits per heavy atom. The van der Waals surface area contributed by atoms with Crippen LogP contribution in [0.5, 0.6) is 5.75 Å². The highest BCUT2D eigenvalue weighted by atomic mass is 16.5. The molecule has 1 amide bonds. The Morgan fingerprint density at radius 1 is 1.13 bits per heavy atom. The number of carbonyl (C=O) groups excluding carboxylic acids is 2. The smallest absolute Gasteiger partial charge is 0.252 e. The number of hydrogen-bond donors (Lipinski definition) is 1. The van der Waals surface area contributed by atoms with E-state index in [1.165, 1.54) is 0 Å². The second-order valence-corrected chi connectivity index (χ2v) is 7.38. The first-order chi connectivity index (χ1) is 14.6. The number of Topliss-reactive ketones (excluding diaryl/α,β-unsaturated/α-hetero) is 1. The Balaban J connectivity index is 1.61. The lowest BCUT2D eigenvalue weighted by Gasteiger charge is -2.29. The van der Waals surface area contributed by atoms with Gasteiger partial charge in [0.05, 0.1) is 24.7 Å². The number of amides is 1. The number of nitrogens with zero attached hydrogens (tertiary/aromatic N) is 2. The number of rotatable bonds is 6. The number of ketones is 1. The molecule has 0 atom stereocenters. The van der Waals surface area contributed by atoms with Gasteiger partial charge in [0.1, 0.15) is 5.75 Å². The number of aromatic nitrogens is 1. The van der Waals surface area contributed by atoms with Crippen LogP contribution in [0.2, 0.25) is 0 Å². The van der Waals surface area contributed by atoms with Crippen molar-refractivity contribution in [2.75, 3.05) is 26.7 Å². The molecule has 1 aliphatic heterocycles. The van der Waals surface area contributed by atoms with Crippen LogP contribution in [-0.4, -0.2) is 48.3 Å². The van der Waals surface area contributed by atoms with Gasteiger partial charge >= 0.3 is 0 Å². The summed E-state index contributed by atoms with van der Waals surface area (Å²) >= 11 is 0. The minimum Gasteiger partial charge on any atom is -0.497 e. The van der Waals surface area contributed by atoms with Crippen LogP contribution >= 0.6 is 0 Å². The summed E-state index contributed by atoms with van der Waals surface area (Å²) in [5.74, 6) is 0.309. The largest absolute Gasteiger partial charge is 0.497 e. The van der Waals surface area contributed by atoms with E-state index in [0.717, 1.165) is 41.7 Å². The third kappa shape index (κ3) is 3.91. The zero-order chi connectivity index (χ0) is 21.1. The highest BCUT2D eigenvalue weighted by molar-refractivity contribution is 6.09. The van der Waals surface area contributed by atoms with Gasteiger partial charge in [-0.25, -0.2) is 0 Å². The fourth-order valence-electron chi connectivity index (χ4n) is 3.90. The van der Waals surface area contributed by atoms with Crippen molar-refractivity contribution in [2.45, 2.75) is 19.9 Å². The van der Waals surface area contributed by atoms with Crippen LogP contribution in [0, 0.1) is 0 Å². The fourth-order valence-corrected chi connectivity index (χ4v) is 3.90. The topological polar surface area (TPSA) is 71.5 Å². The quantitative estimate of drug-likeness (QED) is 0.640. The summed E-state index contributed by atoms with van der Waals surface area (Å²) in [7, 11) is 1.58. The van der Waals surface area contributed by atoms with Crippen LogP contribution in [0.3, 0.4) is 0 Å². The summed E-state index contributed by atoms with van der Waals surface area (Å²) in [6.45, 7) is 4.61. The monoisotopic (exact) mass is 403 g/mol. The molecule has 2 aromatic carbocycles. The average molecular weight is 403 g/mol. The zero-order valence-electron chi connectivity index (χ0n) is 17.3. The minimum atomic E-state index is -0.232. The first kappa shape index (κ1) is 20.0. The maximum atomic E-state index is 13.2. The lowest BCUT2D eigenvalue weighted by Crippen LogP contribution is -2.35. The van der Waals surface area contributed by atoms with Gasteiger partial charge in [-0.05, 0) is 36.9 Å². The molecule has 1 aliphatic rings. The van der Waals surface area contributed by atoms with Gasteiger partial charge in [0.25, 0.3) is 5.91 Å². The summed E-state index contributed by atoms with van der Waals surface area (Å²) in [4.78, 5) is 32.9. The third-order valence-corrected chi connectivity index (χ3v) is 5.62. The normalized spacial score (nSPS) is 13.7. The van der Waals surface area contributed by atoms with Gasteiger partial charge in [-0.15, -0.1) is 0 Å². The van der Waals surface area contributed by atoms with Gasteiger partial charge in [-0.2, -0.15) is 0 Å². The van der Waals surface area contributed by atoms with Crippen molar-refractivity contribution in [3.05, 3.63) is 70.9 Å². The molecule has 4 rings (SSSR count). The third-order valence-electron chi connectivity index (χ3n) is 5.62. The molecule has 0 unspecified atom stereocenters. The van der Waals surface area contributed by atoms with Crippen molar-refractivity contribution in [1.29, 1.82) is 0 Å². The maximum absolute atomic E-state index is 13.2. The molecule has 30 heavy (non-hydrogen) atoms. The Morgan fingerprint density at radius 2 is 1.90 bits per heavy atom. The van der Waals surface area contributed by atoms with Gasteiger partial charge in [0.2, 0.25) is 0 Å². The highest BCUT2D eigenvalue weighted by Gasteiger charge is 2.25. The molecular weight excluding hydrogens is 378 g/mol. The van der Waals surface area contributed by atoms with E-state index in [0.29, 0.717) is 23.4 Å². The van der Waals surface area contributed by atoms with Gasteiger partial charge in [0, 0.05) is 41.7 Å². The van der Waals surface area contributed by atoms with Crippen LogP contribution in [0.25, 0.3) is 10.9 Å². The number of fused-ring (bicyclic) bond motifs is 2. The van der Waals surface area contributed by atoms with Crippen LogP contribution < -0.4 is 10.1 Å². The number of carbonyl (C=O) groups is 2. The molecule has 0 spiro atoms. The predicted octanol–water partition coefficient (Wildman–Crippen LogP) is 3.23. The van der Waals surface area contributed by atoms with E-state index in [4.69, 9.17) is 9.72 Å². The summed E-state index contributed by atoms with van der Waals surface area (Å²) in [6.07, 6.45) is 0.819. The number of likely N-dealkylation sites (N-methyl/N-ethyl adjacent to an activating group) is 1. The van der Waals surface area contributed by atoms with E-state index < -0.39 is 0 Å². The molecule has 0 saturated heterocycles. The molecule has 0 aliphatic carbocycles. The van der Waals surface area contributed by atoms with Crippen molar-refractivity contribution >= 4 is 22.6 Å². The summed E-state index contributed by atoms with van der Waals surface area (Å²) in [5.41, 5.74) is 3.93. The lowest BCUT2D eigenvalue weighted by atomic mass is 9.95. The molecule has 0 saturated carbocycles. The van der Waals surface area contributed by atoms with Crippen molar-refractivity contribution in [3.8, 4) is 5.75 Å². The number of methoxy groups -OCH3 is 1. The maximum Gasteiger partial charge on any atom is 0.252 e. The number of hydrogen-bond acceptors (Lipinski definition) is 5. The SMILES string of the molecule is CCN1CCc2nc3ccccc3c(C(=O)NCC(=O)c3ccc(OC)cc3)c2C1. The molecule has 6 heteroatoms. The Kier molecular flexibility index (Phi) is 5.77. The standard InChI is InChI=1S/C24H25N3O3/c1-3-27-13-12-21-19(15-27)23(18-6-4-5-7-20(18)26-21)24(29)25-14-22(28)16-8-10-17(30-2)11-9-16/h4-11H,3,12-15H2,1-2H3,(H,25,29). The molecular formula is C24H25N3O3. The molecule has 0 radical (unpaired) electrons. The Bertz CT molecular complexity index is 1090. The Labute approximate surface area is 175 Å². The first-order valence-corrected chi connectivity index (χ1v) is 10.2. The van der Waals surface area contributed by atoms with Crippen molar-refractivity contribution < 1.29 is 14.3 Å². The summed E-state index contributed by atoms with van der Waals surface area (Å²) < 4.78 is 5.13. The van der Waals surface area contributed by atoms with E-state index in [2.05, 4.69) is 17.1 Å². The predicted molar refractivity (Wildman–Crippen MR) is 116 cm³/mol. The zero-order valence-corrected chi connectivity index (χ0v) is 17.3. The van der Waals surface area contributed by atoms with Crippen LogP contribution in [0.1, 0.15) is 38.9 Å². The number of para-hydroxylation sites is 1. The van der Waals surface area contributed by atoms with Gasteiger partial charge < -0.3 is 10.1 Å². The molecule has 1 aromatic heterocycles. The van der Waals surface area contributed by atoms with Crippen LogP contribution in [-0.2, 0) is 13.0 Å². The molecule has 0 fully saturated rings. The lowest BCUT2D eigenvalue weighted by molar-refractivity contribution is 0.0903. The number of nitrogens with one attached hydrogen (secondary N) is 1. The Hall–Kier alpha value is -3.25. The van der Waals surface area contributed by atoms with Crippen molar-refractivity contribution in [3.63, 3.8) is 0 Å². The van der Waals surface area contributed by atoms with E-state index in [9.17, 15) is 9.59 Å². The van der Waals surface area contributed by atoms with E-state index >= 15 is 0 Å². The number of pyridine rings is 1. The van der Waals surface area contributed by atoms with Crippen molar-refractivity contribution in [2.24, 2.45) is 0 Å². The van der Waals surface area contributed by atoms with E-state index in [1.54, 1.807) is 31.4 Å². The van der Waals surface area contributed by atoms with Gasteiger partial charge in [-0.3, -0.25) is 19.5 Å². The molecule has 2 heterocycles. The fraction of sp³-hybridized carbons (Fsp3) is 0.292. The first-order valence-electron chi connectivity index (χ1n) is 10.2. The number of ether oxygens (including phenoxy) is 1. The van der Waals surface area contributed by atoms with Gasteiger partial charge in [0.15, 0.2) is 5.78 Å². The molecule has 6 nitrogen and oxygen atoms in total. The van der Waals surface area contributed by atoms with E-state index in [-0.39, 0.29) is 18.2 Å². The highest BCUT2D eigenvalue weighted by Crippen LogP contribution is 2.28. The van der Waals surface area contributed by atoms with Crippen LogP contribution in [0.4, 0.5) is 0 Å². The molecule has 1 N–H and O–H groups in total. The number of benzene rings is 2. The van der Waals surface area contributed by atoms with Gasteiger partial charge in [-0.1, -0.05) is 25.1 Å². The molecule has 154 valence electrons. The summed E-state index contributed by atoms with van der Waals surface area (Å²) in [5, 5.41) is 3.66. The molecule has 0 bridgehead atoms. The van der Waals surface area contributed by atoms with E-state index in [1.807, 2.05) is 24.3 Å². The second kappa shape index (κ2) is 8.63. The minimum absolute atomic E-state index is 0.0614.